The summed E-state index contributed by atoms with van der Waals surface area (Å²) in [7, 11) is 0. The van der Waals surface area contributed by atoms with Gasteiger partial charge in [-0.25, -0.2) is 18.0 Å². The SMILES string of the molecule is O=c1n(-c2ccc(F)c(C(F)F)c2)nc2n1[C@H](c1ccccc1)CC2. The lowest BCUT2D eigenvalue weighted by Crippen LogP contribution is -2.26. The Hall–Kier alpha value is -2.83. The predicted octanol–water partition coefficient (Wildman–Crippen LogP) is 3.65. The highest BCUT2D eigenvalue weighted by Gasteiger charge is 2.29. The van der Waals surface area contributed by atoms with Gasteiger partial charge in [-0.1, -0.05) is 30.3 Å². The van der Waals surface area contributed by atoms with Gasteiger partial charge in [0.25, 0.3) is 6.43 Å². The van der Waals surface area contributed by atoms with E-state index in [9.17, 15) is 18.0 Å². The van der Waals surface area contributed by atoms with E-state index in [1.54, 1.807) is 4.57 Å². The molecule has 25 heavy (non-hydrogen) atoms. The minimum Gasteiger partial charge on any atom is -0.271 e. The maximum absolute atomic E-state index is 13.5. The number of alkyl halides is 2. The summed E-state index contributed by atoms with van der Waals surface area (Å²) in [6, 6.07) is 12.6. The highest BCUT2D eigenvalue weighted by molar-refractivity contribution is 5.37. The number of benzene rings is 2. The third kappa shape index (κ3) is 2.56. The van der Waals surface area contributed by atoms with Crippen molar-refractivity contribution in [3.8, 4) is 5.69 Å². The van der Waals surface area contributed by atoms with E-state index in [4.69, 9.17) is 0 Å². The Morgan fingerprint density at radius 3 is 2.60 bits per heavy atom. The van der Waals surface area contributed by atoms with Gasteiger partial charge in [0.15, 0.2) is 0 Å². The van der Waals surface area contributed by atoms with Gasteiger partial charge in [-0.3, -0.25) is 4.57 Å². The quantitative estimate of drug-likeness (QED) is 0.727. The van der Waals surface area contributed by atoms with E-state index in [2.05, 4.69) is 5.10 Å². The molecule has 0 bridgehead atoms. The van der Waals surface area contributed by atoms with Crippen LogP contribution in [0, 0.1) is 5.82 Å². The molecule has 0 saturated carbocycles. The Morgan fingerprint density at radius 2 is 1.88 bits per heavy atom. The Bertz CT molecular complexity index is 979. The highest BCUT2D eigenvalue weighted by Crippen LogP contribution is 2.30. The molecule has 0 unspecified atom stereocenters. The van der Waals surface area contributed by atoms with Crippen molar-refractivity contribution in [2.45, 2.75) is 25.3 Å². The van der Waals surface area contributed by atoms with Crippen LogP contribution >= 0.6 is 0 Å². The van der Waals surface area contributed by atoms with Gasteiger partial charge in [0.05, 0.1) is 17.3 Å². The summed E-state index contributed by atoms with van der Waals surface area (Å²) in [5.41, 5.74) is -0.0176. The highest BCUT2D eigenvalue weighted by atomic mass is 19.3. The third-order valence-electron chi connectivity index (χ3n) is 4.48. The standard InChI is InChI=1S/C18H14F3N3O/c19-14-7-6-12(10-13(14)17(20)21)24-18(25)23-15(8-9-16(23)22-24)11-4-2-1-3-5-11/h1-7,10,15,17H,8-9H2/t15-/m0/s1. The van der Waals surface area contributed by atoms with Crippen molar-refractivity contribution >= 4 is 0 Å². The summed E-state index contributed by atoms with van der Waals surface area (Å²) >= 11 is 0. The average Bonchev–Trinajstić information content (AvgIpc) is 3.17. The lowest BCUT2D eigenvalue weighted by molar-refractivity contribution is 0.146. The van der Waals surface area contributed by atoms with Crippen LogP contribution < -0.4 is 5.69 Å². The van der Waals surface area contributed by atoms with Crippen LogP contribution in [0.1, 0.15) is 35.8 Å². The Morgan fingerprint density at radius 1 is 1.12 bits per heavy atom. The van der Waals surface area contributed by atoms with Gasteiger partial charge in [-0.2, -0.15) is 4.68 Å². The fourth-order valence-corrected chi connectivity index (χ4v) is 3.29. The molecule has 0 fully saturated rings. The Kier molecular flexibility index (Phi) is 3.71. The summed E-state index contributed by atoms with van der Waals surface area (Å²) in [6.07, 6.45) is -1.58. The topological polar surface area (TPSA) is 39.8 Å². The van der Waals surface area contributed by atoms with Gasteiger partial charge in [0.1, 0.15) is 11.6 Å². The van der Waals surface area contributed by atoms with Crippen LogP contribution in [-0.4, -0.2) is 14.3 Å². The van der Waals surface area contributed by atoms with Crippen LogP contribution in [0.5, 0.6) is 0 Å². The summed E-state index contributed by atoms with van der Waals surface area (Å²) in [4.78, 5) is 12.8. The fraction of sp³-hybridized carbons (Fsp3) is 0.222. The molecule has 3 aromatic rings. The fourth-order valence-electron chi connectivity index (χ4n) is 3.29. The van der Waals surface area contributed by atoms with Crippen molar-refractivity contribution in [3.05, 3.63) is 81.8 Å². The second-order valence-corrected chi connectivity index (χ2v) is 5.95. The molecule has 7 heteroatoms. The molecule has 2 heterocycles. The maximum Gasteiger partial charge on any atom is 0.351 e. The van der Waals surface area contributed by atoms with Gasteiger partial charge in [-0.05, 0) is 30.2 Å². The molecule has 0 N–H and O–H groups in total. The molecule has 0 spiro atoms. The molecule has 128 valence electrons. The predicted molar refractivity (Wildman–Crippen MR) is 85.6 cm³/mol. The van der Waals surface area contributed by atoms with Gasteiger partial charge >= 0.3 is 5.69 Å². The van der Waals surface area contributed by atoms with Crippen LogP contribution in [0.2, 0.25) is 0 Å². The first-order chi connectivity index (χ1) is 12.1. The molecule has 4 nitrogen and oxygen atoms in total. The monoisotopic (exact) mass is 345 g/mol. The van der Waals surface area contributed by atoms with E-state index in [-0.39, 0.29) is 11.7 Å². The summed E-state index contributed by atoms with van der Waals surface area (Å²) < 4.78 is 42.0. The normalized spacial score (nSPS) is 16.4. The largest absolute Gasteiger partial charge is 0.351 e. The van der Waals surface area contributed by atoms with E-state index < -0.39 is 23.5 Å². The first-order valence-corrected chi connectivity index (χ1v) is 7.89. The van der Waals surface area contributed by atoms with Crippen LogP contribution in [0.3, 0.4) is 0 Å². The van der Waals surface area contributed by atoms with Crippen LogP contribution in [-0.2, 0) is 6.42 Å². The number of nitrogens with zero attached hydrogens (tertiary/aromatic N) is 3. The molecule has 0 aliphatic carbocycles. The van der Waals surface area contributed by atoms with Gasteiger partial charge < -0.3 is 0 Å². The molecule has 0 amide bonds. The van der Waals surface area contributed by atoms with E-state index in [1.165, 1.54) is 6.07 Å². The van der Waals surface area contributed by atoms with Crippen molar-refractivity contribution in [1.29, 1.82) is 0 Å². The number of rotatable bonds is 3. The number of hydrogen-bond donors (Lipinski definition) is 0. The second kappa shape index (κ2) is 5.91. The van der Waals surface area contributed by atoms with E-state index >= 15 is 0 Å². The zero-order valence-electron chi connectivity index (χ0n) is 13.1. The molecular weight excluding hydrogens is 331 g/mol. The van der Waals surface area contributed by atoms with Gasteiger partial charge in [0.2, 0.25) is 0 Å². The molecule has 1 aliphatic rings. The number of halogens is 3. The van der Waals surface area contributed by atoms with Gasteiger partial charge in [0, 0.05) is 6.42 Å². The molecule has 1 aliphatic heterocycles. The van der Waals surface area contributed by atoms with Crippen molar-refractivity contribution in [2.24, 2.45) is 0 Å². The maximum atomic E-state index is 13.5. The Labute approximate surface area is 141 Å². The minimum atomic E-state index is -2.96. The lowest BCUT2D eigenvalue weighted by Gasteiger charge is -2.12. The lowest BCUT2D eigenvalue weighted by atomic mass is 10.1. The molecule has 1 atom stereocenters. The number of fused-ring (bicyclic) bond motifs is 1. The zero-order valence-corrected chi connectivity index (χ0v) is 13.1. The summed E-state index contributed by atoms with van der Waals surface area (Å²) in [5, 5.41) is 4.27. The van der Waals surface area contributed by atoms with Crippen LogP contribution in [0.25, 0.3) is 5.69 Å². The van der Waals surface area contributed by atoms with Crippen molar-refractivity contribution in [1.82, 2.24) is 14.3 Å². The molecular formula is C18H14F3N3O. The number of hydrogen-bond acceptors (Lipinski definition) is 2. The molecule has 0 saturated heterocycles. The first kappa shape index (κ1) is 15.7. The smallest absolute Gasteiger partial charge is 0.271 e. The van der Waals surface area contributed by atoms with Crippen molar-refractivity contribution in [3.63, 3.8) is 0 Å². The minimum absolute atomic E-state index is 0.132. The summed E-state index contributed by atoms with van der Waals surface area (Å²) in [5.74, 6) is -0.400. The van der Waals surface area contributed by atoms with E-state index in [0.717, 1.165) is 28.8 Å². The summed E-state index contributed by atoms with van der Waals surface area (Å²) in [6.45, 7) is 0. The van der Waals surface area contributed by atoms with Crippen molar-refractivity contribution < 1.29 is 13.2 Å². The molecule has 2 aromatic carbocycles. The number of aryl methyl sites for hydroxylation is 1. The van der Waals surface area contributed by atoms with Crippen LogP contribution in [0.15, 0.2) is 53.3 Å². The molecule has 0 radical (unpaired) electrons. The van der Waals surface area contributed by atoms with Crippen molar-refractivity contribution in [2.75, 3.05) is 0 Å². The first-order valence-electron chi connectivity index (χ1n) is 7.89. The average molecular weight is 345 g/mol. The Balaban J connectivity index is 1.81. The number of aromatic nitrogens is 3. The van der Waals surface area contributed by atoms with E-state index in [0.29, 0.717) is 12.2 Å². The zero-order chi connectivity index (χ0) is 17.6. The third-order valence-corrected chi connectivity index (χ3v) is 4.48. The molecule has 1 aromatic heterocycles. The molecule has 4 rings (SSSR count). The second-order valence-electron chi connectivity index (χ2n) is 5.95. The van der Waals surface area contributed by atoms with Gasteiger partial charge in [-0.15, -0.1) is 5.10 Å². The van der Waals surface area contributed by atoms with Crippen LogP contribution in [0.4, 0.5) is 13.2 Å². The van der Waals surface area contributed by atoms with E-state index in [1.807, 2.05) is 30.3 Å².